The van der Waals surface area contributed by atoms with Crippen LogP contribution in [0.2, 0.25) is 0 Å². The molecule has 1 aliphatic rings. The Morgan fingerprint density at radius 1 is 1.35 bits per heavy atom. The van der Waals surface area contributed by atoms with Crippen molar-refractivity contribution < 1.29 is 15.0 Å². The Morgan fingerprint density at radius 3 is 2.65 bits per heavy atom. The first-order valence-electron chi connectivity index (χ1n) is 7.33. The Hall–Kier alpha value is -1.55. The van der Waals surface area contributed by atoms with Crippen LogP contribution in [0.4, 0.5) is 5.69 Å². The number of hydrogen-bond acceptors (Lipinski definition) is 3. The molecular formula is C16H23NO3. The predicted molar refractivity (Wildman–Crippen MR) is 79.5 cm³/mol. The summed E-state index contributed by atoms with van der Waals surface area (Å²) in [5, 5.41) is 19.8. The number of fused-ring (bicyclic) bond motifs is 1. The normalized spacial score (nSPS) is 15.1. The number of carbonyl (C=O) groups is 1. The fourth-order valence-electron chi connectivity index (χ4n) is 2.89. The Labute approximate surface area is 120 Å². The fourth-order valence-corrected chi connectivity index (χ4v) is 2.89. The summed E-state index contributed by atoms with van der Waals surface area (Å²) in [6.07, 6.45) is 3.13. The Kier molecular flexibility index (Phi) is 4.33. The zero-order valence-electron chi connectivity index (χ0n) is 12.2. The average Bonchev–Trinajstić information content (AvgIpc) is 2.46. The highest BCUT2D eigenvalue weighted by Gasteiger charge is 2.29. The number of anilines is 1. The van der Waals surface area contributed by atoms with Crippen molar-refractivity contribution in [1.29, 1.82) is 0 Å². The van der Waals surface area contributed by atoms with Gasteiger partial charge in [0.15, 0.2) is 0 Å². The summed E-state index contributed by atoms with van der Waals surface area (Å²) in [6.45, 7) is 5.42. The van der Waals surface area contributed by atoms with Crippen LogP contribution < -0.4 is 4.90 Å². The first-order chi connectivity index (χ1) is 9.50. The summed E-state index contributed by atoms with van der Waals surface area (Å²) in [5.41, 5.74) is 1.56. The van der Waals surface area contributed by atoms with Crippen molar-refractivity contribution in [2.45, 2.75) is 45.1 Å². The molecule has 20 heavy (non-hydrogen) atoms. The molecule has 2 N–H and O–H groups in total. The maximum Gasteiger partial charge on any atom is 0.336 e. The molecule has 110 valence electrons. The van der Waals surface area contributed by atoms with E-state index in [-0.39, 0.29) is 0 Å². The lowest BCUT2D eigenvalue weighted by molar-refractivity contribution is 0.0390. The minimum atomic E-state index is -0.870. The van der Waals surface area contributed by atoms with Crippen LogP contribution in [0.3, 0.4) is 0 Å². The first kappa shape index (κ1) is 14.9. The number of β-amino-alcohol motifs (C(OH)–C–C–N with tert-alkyl or cyclic N) is 1. The Morgan fingerprint density at radius 2 is 2.05 bits per heavy atom. The molecule has 0 atom stereocenters. The van der Waals surface area contributed by atoms with Crippen LogP contribution in [0.5, 0.6) is 0 Å². The monoisotopic (exact) mass is 277 g/mol. The number of rotatable bonds is 5. The van der Waals surface area contributed by atoms with Crippen molar-refractivity contribution in [3.63, 3.8) is 0 Å². The third-order valence-electron chi connectivity index (χ3n) is 4.38. The number of nitrogens with zero attached hydrogens (tertiary/aromatic N) is 1. The van der Waals surface area contributed by atoms with Crippen LogP contribution in [0.15, 0.2) is 18.2 Å². The van der Waals surface area contributed by atoms with Gasteiger partial charge in [0.2, 0.25) is 0 Å². The van der Waals surface area contributed by atoms with Gasteiger partial charge in [-0.3, -0.25) is 0 Å². The molecule has 0 fully saturated rings. The van der Waals surface area contributed by atoms with Crippen LogP contribution in [0.1, 0.15) is 49.0 Å². The SMILES string of the molecule is CCC(O)(CC)CN1CCCc2c(C(=O)O)cccc21. The van der Waals surface area contributed by atoms with E-state index in [1.165, 1.54) is 0 Å². The third-order valence-corrected chi connectivity index (χ3v) is 4.38. The number of aliphatic hydroxyl groups is 1. The van der Waals surface area contributed by atoms with Gasteiger partial charge in [0.05, 0.1) is 11.2 Å². The highest BCUT2D eigenvalue weighted by atomic mass is 16.4. The molecule has 1 heterocycles. The second kappa shape index (κ2) is 5.83. The second-order valence-corrected chi connectivity index (χ2v) is 5.56. The van der Waals surface area contributed by atoms with Gasteiger partial charge in [0.25, 0.3) is 0 Å². The van der Waals surface area contributed by atoms with Crippen LogP contribution in [0.25, 0.3) is 0 Å². The molecule has 0 unspecified atom stereocenters. The minimum Gasteiger partial charge on any atom is -0.478 e. The highest BCUT2D eigenvalue weighted by molar-refractivity contribution is 5.91. The molecule has 1 aromatic carbocycles. The van der Waals surface area contributed by atoms with E-state index in [0.29, 0.717) is 24.9 Å². The molecule has 0 saturated heterocycles. The summed E-state index contributed by atoms with van der Waals surface area (Å²) in [7, 11) is 0. The predicted octanol–water partition coefficient (Wildman–Crippen LogP) is 2.69. The molecule has 4 nitrogen and oxygen atoms in total. The van der Waals surface area contributed by atoms with Gasteiger partial charge < -0.3 is 15.1 Å². The van der Waals surface area contributed by atoms with Crippen LogP contribution in [-0.2, 0) is 6.42 Å². The maximum atomic E-state index is 11.3. The zero-order valence-corrected chi connectivity index (χ0v) is 12.2. The number of aromatic carboxylic acids is 1. The van der Waals surface area contributed by atoms with Crippen molar-refractivity contribution >= 4 is 11.7 Å². The summed E-state index contributed by atoms with van der Waals surface area (Å²) in [5.74, 6) is -0.870. The smallest absolute Gasteiger partial charge is 0.336 e. The Balaban J connectivity index is 2.34. The van der Waals surface area contributed by atoms with Crippen LogP contribution >= 0.6 is 0 Å². The molecule has 1 aliphatic heterocycles. The quantitative estimate of drug-likeness (QED) is 0.868. The van der Waals surface area contributed by atoms with E-state index in [0.717, 1.165) is 30.6 Å². The van der Waals surface area contributed by atoms with Crippen LogP contribution in [0, 0.1) is 0 Å². The largest absolute Gasteiger partial charge is 0.478 e. The topological polar surface area (TPSA) is 60.8 Å². The molecular weight excluding hydrogens is 254 g/mol. The number of hydrogen-bond donors (Lipinski definition) is 2. The molecule has 0 bridgehead atoms. The maximum absolute atomic E-state index is 11.3. The number of benzene rings is 1. The lowest BCUT2D eigenvalue weighted by Crippen LogP contribution is -2.44. The number of carboxylic acids is 1. The second-order valence-electron chi connectivity index (χ2n) is 5.56. The summed E-state index contributed by atoms with van der Waals surface area (Å²) < 4.78 is 0. The standard InChI is InChI=1S/C16H23NO3/c1-3-16(20,4-2)11-17-10-6-8-12-13(15(18)19)7-5-9-14(12)17/h5,7,9,20H,3-4,6,8,10-11H2,1-2H3,(H,18,19). The number of carboxylic acid groups (broad SMARTS) is 1. The van der Waals surface area contributed by atoms with Crippen molar-refractivity contribution in [3.8, 4) is 0 Å². The van der Waals surface area contributed by atoms with Gasteiger partial charge in [-0.05, 0) is 43.4 Å². The van der Waals surface area contributed by atoms with Crippen molar-refractivity contribution in [2.75, 3.05) is 18.0 Å². The van der Waals surface area contributed by atoms with E-state index in [9.17, 15) is 15.0 Å². The average molecular weight is 277 g/mol. The molecule has 1 aromatic rings. The van der Waals surface area contributed by atoms with Crippen LogP contribution in [-0.4, -0.2) is 34.9 Å². The van der Waals surface area contributed by atoms with E-state index < -0.39 is 11.6 Å². The zero-order chi connectivity index (χ0) is 14.8. The molecule has 2 rings (SSSR count). The lowest BCUT2D eigenvalue weighted by Gasteiger charge is -2.38. The van der Waals surface area contributed by atoms with E-state index in [4.69, 9.17) is 0 Å². The van der Waals surface area contributed by atoms with Gasteiger partial charge in [-0.1, -0.05) is 19.9 Å². The van der Waals surface area contributed by atoms with Gasteiger partial charge >= 0.3 is 5.97 Å². The first-order valence-corrected chi connectivity index (χ1v) is 7.33. The van der Waals surface area contributed by atoms with E-state index in [2.05, 4.69) is 4.90 Å². The summed E-state index contributed by atoms with van der Waals surface area (Å²) >= 11 is 0. The molecule has 4 heteroatoms. The summed E-state index contributed by atoms with van der Waals surface area (Å²) in [6, 6.07) is 5.42. The van der Waals surface area contributed by atoms with Gasteiger partial charge in [-0.2, -0.15) is 0 Å². The molecule has 0 aliphatic carbocycles. The third kappa shape index (κ3) is 2.80. The van der Waals surface area contributed by atoms with Crippen molar-refractivity contribution in [1.82, 2.24) is 0 Å². The van der Waals surface area contributed by atoms with Gasteiger partial charge in [-0.15, -0.1) is 0 Å². The molecule has 0 saturated carbocycles. The molecule has 0 aromatic heterocycles. The summed E-state index contributed by atoms with van der Waals surface area (Å²) in [4.78, 5) is 13.4. The van der Waals surface area contributed by atoms with Gasteiger partial charge in [0.1, 0.15) is 0 Å². The van der Waals surface area contributed by atoms with E-state index in [1.807, 2.05) is 19.9 Å². The van der Waals surface area contributed by atoms with Crippen molar-refractivity contribution in [3.05, 3.63) is 29.3 Å². The van der Waals surface area contributed by atoms with E-state index >= 15 is 0 Å². The molecule has 0 spiro atoms. The van der Waals surface area contributed by atoms with Gasteiger partial charge in [-0.25, -0.2) is 4.79 Å². The Bertz CT molecular complexity index is 494. The van der Waals surface area contributed by atoms with Crippen molar-refractivity contribution in [2.24, 2.45) is 0 Å². The highest BCUT2D eigenvalue weighted by Crippen LogP contribution is 2.32. The molecule has 0 amide bonds. The molecule has 0 radical (unpaired) electrons. The van der Waals surface area contributed by atoms with E-state index in [1.54, 1.807) is 12.1 Å². The minimum absolute atomic E-state index is 0.392. The van der Waals surface area contributed by atoms with Gasteiger partial charge in [0, 0.05) is 18.8 Å². The lowest BCUT2D eigenvalue weighted by atomic mass is 9.92. The fraction of sp³-hybridized carbons (Fsp3) is 0.562.